The normalized spacial score (nSPS) is 17.3. The Morgan fingerprint density at radius 1 is 1.17 bits per heavy atom. The van der Waals surface area contributed by atoms with E-state index in [0.717, 1.165) is 50.0 Å². The molecule has 0 aliphatic carbocycles. The zero-order valence-corrected chi connectivity index (χ0v) is 18.0. The van der Waals surface area contributed by atoms with Crippen LogP contribution in [0.5, 0.6) is 0 Å². The Bertz CT molecular complexity index is 798. The number of morpholine rings is 1. The second kappa shape index (κ2) is 10.3. The molecule has 1 atom stereocenters. The van der Waals surface area contributed by atoms with E-state index in [9.17, 15) is 0 Å². The summed E-state index contributed by atoms with van der Waals surface area (Å²) in [5, 5.41) is 6.76. The standard InChI is InChI=1S/C23H33N5O/c1-17-11-18(2)13-20(12-17)7-8-25-23(24-4)27-15-21-5-6-22(26-14-21)28-9-10-29-19(3)16-28/h5-6,11-14,19H,7-10,15-16H2,1-4H3,(H2,24,25,27). The molecule has 1 aromatic carbocycles. The molecule has 29 heavy (non-hydrogen) atoms. The first-order chi connectivity index (χ1) is 14.0. The number of rotatable bonds is 6. The lowest BCUT2D eigenvalue weighted by Crippen LogP contribution is -2.41. The Balaban J connectivity index is 1.45. The third kappa shape index (κ3) is 6.46. The number of hydrogen-bond donors (Lipinski definition) is 2. The van der Waals surface area contributed by atoms with Gasteiger partial charge in [-0.25, -0.2) is 4.98 Å². The van der Waals surface area contributed by atoms with Crippen molar-refractivity contribution in [1.82, 2.24) is 15.6 Å². The van der Waals surface area contributed by atoms with Crippen LogP contribution >= 0.6 is 0 Å². The Kier molecular flexibility index (Phi) is 7.47. The van der Waals surface area contributed by atoms with Gasteiger partial charge in [0.2, 0.25) is 0 Å². The maximum absolute atomic E-state index is 5.60. The topological polar surface area (TPSA) is 61.8 Å². The third-order valence-corrected chi connectivity index (χ3v) is 5.05. The van der Waals surface area contributed by atoms with Gasteiger partial charge in [0.1, 0.15) is 5.82 Å². The Morgan fingerprint density at radius 2 is 1.97 bits per heavy atom. The van der Waals surface area contributed by atoms with Crippen LogP contribution in [0.2, 0.25) is 0 Å². The van der Waals surface area contributed by atoms with E-state index in [0.29, 0.717) is 6.54 Å². The van der Waals surface area contributed by atoms with Crippen LogP contribution in [0.4, 0.5) is 5.82 Å². The predicted molar refractivity (Wildman–Crippen MR) is 120 cm³/mol. The highest BCUT2D eigenvalue weighted by atomic mass is 16.5. The lowest BCUT2D eigenvalue weighted by molar-refractivity contribution is 0.0529. The lowest BCUT2D eigenvalue weighted by atomic mass is 10.1. The van der Waals surface area contributed by atoms with E-state index in [-0.39, 0.29) is 6.10 Å². The maximum atomic E-state index is 5.60. The second-order valence-corrected chi connectivity index (χ2v) is 7.75. The molecule has 1 unspecified atom stereocenters. The fraction of sp³-hybridized carbons (Fsp3) is 0.478. The summed E-state index contributed by atoms with van der Waals surface area (Å²) >= 11 is 0. The van der Waals surface area contributed by atoms with Crippen molar-refractivity contribution in [1.29, 1.82) is 0 Å². The second-order valence-electron chi connectivity index (χ2n) is 7.75. The van der Waals surface area contributed by atoms with Crippen molar-refractivity contribution in [2.75, 3.05) is 38.2 Å². The van der Waals surface area contributed by atoms with Gasteiger partial charge in [0.25, 0.3) is 0 Å². The highest BCUT2D eigenvalue weighted by Crippen LogP contribution is 2.15. The molecular formula is C23H33N5O. The number of aryl methyl sites for hydroxylation is 2. The number of hydrogen-bond acceptors (Lipinski definition) is 4. The van der Waals surface area contributed by atoms with Crippen molar-refractivity contribution in [2.45, 2.75) is 39.8 Å². The van der Waals surface area contributed by atoms with Crippen molar-refractivity contribution in [3.05, 3.63) is 58.8 Å². The lowest BCUT2D eigenvalue weighted by Gasteiger charge is -2.32. The quantitative estimate of drug-likeness (QED) is 0.582. The molecule has 2 aromatic rings. The number of pyridine rings is 1. The molecule has 1 fully saturated rings. The Morgan fingerprint density at radius 3 is 2.62 bits per heavy atom. The Hall–Kier alpha value is -2.60. The van der Waals surface area contributed by atoms with E-state index in [1.54, 1.807) is 7.05 Å². The van der Waals surface area contributed by atoms with Crippen molar-refractivity contribution in [2.24, 2.45) is 4.99 Å². The third-order valence-electron chi connectivity index (χ3n) is 5.05. The van der Waals surface area contributed by atoms with Crippen LogP contribution in [0.15, 0.2) is 41.5 Å². The molecule has 3 rings (SSSR count). The van der Waals surface area contributed by atoms with Gasteiger partial charge in [0, 0.05) is 39.4 Å². The monoisotopic (exact) mass is 395 g/mol. The first-order valence-corrected chi connectivity index (χ1v) is 10.4. The molecule has 0 bridgehead atoms. The molecule has 6 nitrogen and oxygen atoms in total. The van der Waals surface area contributed by atoms with E-state index in [2.05, 4.69) is 76.6 Å². The van der Waals surface area contributed by atoms with E-state index in [4.69, 9.17) is 4.74 Å². The van der Waals surface area contributed by atoms with Gasteiger partial charge in [-0.05, 0) is 44.4 Å². The van der Waals surface area contributed by atoms with Crippen molar-refractivity contribution in [3.63, 3.8) is 0 Å². The zero-order chi connectivity index (χ0) is 20.6. The molecule has 1 aromatic heterocycles. The highest BCUT2D eigenvalue weighted by Gasteiger charge is 2.17. The predicted octanol–water partition coefficient (Wildman–Crippen LogP) is 2.83. The summed E-state index contributed by atoms with van der Waals surface area (Å²) in [4.78, 5) is 11.2. The molecule has 0 amide bonds. The average molecular weight is 396 g/mol. The summed E-state index contributed by atoms with van der Waals surface area (Å²) in [6.07, 6.45) is 3.16. The summed E-state index contributed by atoms with van der Waals surface area (Å²) < 4.78 is 5.60. The highest BCUT2D eigenvalue weighted by molar-refractivity contribution is 5.79. The molecule has 1 saturated heterocycles. The van der Waals surface area contributed by atoms with Gasteiger partial charge in [0.05, 0.1) is 12.7 Å². The fourth-order valence-electron chi connectivity index (χ4n) is 3.68. The molecule has 156 valence electrons. The number of guanidine groups is 1. The fourth-order valence-corrected chi connectivity index (χ4v) is 3.68. The average Bonchev–Trinajstić information content (AvgIpc) is 2.70. The maximum Gasteiger partial charge on any atom is 0.191 e. The van der Waals surface area contributed by atoms with Gasteiger partial charge in [0.15, 0.2) is 5.96 Å². The van der Waals surface area contributed by atoms with Crippen LogP contribution in [0.1, 0.15) is 29.2 Å². The molecule has 2 heterocycles. The van der Waals surface area contributed by atoms with Crippen LogP contribution < -0.4 is 15.5 Å². The van der Waals surface area contributed by atoms with Crippen molar-refractivity contribution < 1.29 is 4.74 Å². The molecule has 1 aliphatic heterocycles. The molecule has 0 spiro atoms. The van der Waals surface area contributed by atoms with Gasteiger partial charge >= 0.3 is 0 Å². The van der Waals surface area contributed by atoms with Crippen LogP contribution in [0, 0.1) is 13.8 Å². The molecule has 6 heteroatoms. The summed E-state index contributed by atoms with van der Waals surface area (Å²) in [6, 6.07) is 10.9. The van der Waals surface area contributed by atoms with Gasteiger partial charge in [-0.15, -0.1) is 0 Å². The first kappa shape index (κ1) is 21.1. The number of nitrogens with one attached hydrogen (secondary N) is 2. The number of ether oxygens (including phenoxy) is 1. The smallest absolute Gasteiger partial charge is 0.191 e. The van der Waals surface area contributed by atoms with E-state index in [1.165, 1.54) is 16.7 Å². The zero-order valence-electron chi connectivity index (χ0n) is 18.0. The SMILES string of the molecule is CN=C(NCCc1cc(C)cc(C)c1)NCc1ccc(N2CCOC(C)C2)nc1. The molecule has 0 saturated carbocycles. The van der Waals surface area contributed by atoms with Crippen LogP contribution in [0.25, 0.3) is 0 Å². The van der Waals surface area contributed by atoms with Crippen molar-refractivity contribution in [3.8, 4) is 0 Å². The number of benzene rings is 1. The number of aromatic nitrogens is 1. The molecule has 1 aliphatic rings. The minimum atomic E-state index is 0.255. The van der Waals surface area contributed by atoms with Gasteiger partial charge < -0.3 is 20.3 Å². The van der Waals surface area contributed by atoms with Crippen LogP contribution in [-0.4, -0.2) is 50.3 Å². The minimum Gasteiger partial charge on any atom is -0.375 e. The van der Waals surface area contributed by atoms with Gasteiger partial charge in [-0.2, -0.15) is 0 Å². The van der Waals surface area contributed by atoms with Crippen LogP contribution in [-0.2, 0) is 17.7 Å². The molecule has 2 N–H and O–H groups in total. The van der Waals surface area contributed by atoms with E-state index >= 15 is 0 Å². The minimum absolute atomic E-state index is 0.255. The Labute approximate surface area is 174 Å². The largest absolute Gasteiger partial charge is 0.375 e. The summed E-state index contributed by atoms with van der Waals surface area (Å²) in [7, 11) is 1.80. The number of aliphatic imine (C=N–C) groups is 1. The summed E-state index contributed by atoms with van der Waals surface area (Å²) in [5.41, 5.74) is 5.10. The van der Waals surface area contributed by atoms with E-state index in [1.807, 2.05) is 6.20 Å². The van der Waals surface area contributed by atoms with Crippen LogP contribution in [0.3, 0.4) is 0 Å². The molecule has 0 radical (unpaired) electrons. The van der Waals surface area contributed by atoms with Gasteiger partial charge in [-0.1, -0.05) is 35.4 Å². The summed E-state index contributed by atoms with van der Waals surface area (Å²) in [6.45, 7) is 10.5. The molecular weight excluding hydrogens is 362 g/mol. The first-order valence-electron chi connectivity index (χ1n) is 10.4. The number of anilines is 1. The van der Waals surface area contributed by atoms with Gasteiger partial charge in [-0.3, -0.25) is 4.99 Å². The number of nitrogens with zero attached hydrogens (tertiary/aromatic N) is 3. The summed E-state index contributed by atoms with van der Waals surface area (Å²) in [5.74, 6) is 1.82. The van der Waals surface area contributed by atoms with E-state index < -0.39 is 0 Å². The van der Waals surface area contributed by atoms with Crippen molar-refractivity contribution >= 4 is 11.8 Å².